The van der Waals surface area contributed by atoms with Gasteiger partial charge in [-0.2, -0.15) is 0 Å². The molecule has 1 fully saturated rings. The van der Waals surface area contributed by atoms with Gasteiger partial charge in [-0.3, -0.25) is 9.59 Å². The molecule has 1 unspecified atom stereocenters. The number of nitrogens with zero attached hydrogens (tertiary/aromatic N) is 2. The average molecular weight is 523 g/mol. The molecule has 7 heteroatoms. The average Bonchev–Trinajstić information content (AvgIpc) is 3.19. The van der Waals surface area contributed by atoms with Gasteiger partial charge in [-0.15, -0.1) is 0 Å². The van der Waals surface area contributed by atoms with Gasteiger partial charge in [0.05, 0.1) is 24.8 Å². The van der Waals surface area contributed by atoms with E-state index in [1.807, 2.05) is 37.3 Å². The second-order valence-electron chi connectivity index (χ2n) is 9.52. The van der Waals surface area contributed by atoms with Crippen LogP contribution < -0.4 is 9.47 Å². The standard InChI is InChI=1S/C31H42N2O5/c1-5-9-21-38-26-13-10-12-24(22-26)29(34)27-28(23-14-16-25(17-15-23)37-20-6-2)33(31(36)30(27)35)19-11-18-32(7-3)8-4/h10,12-17,22,28,34H,5-9,11,18-21H2,1-4H3. The minimum absolute atomic E-state index is 0.103. The largest absolute Gasteiger partial charge is 0.507 e. The zero-order valence-corrected chi connectivity index (χ0v) is 23.2. The predicted molar refractivity (Wildman–Crippen MR) is 150 cm³/mol. The Balaban J connectivity index is 1.98. The van der Waals surface area contributed by atoms with Gasteiger partial charge < -0.3 is 24.4 Å². The van der Waals surface area contributed by atoms with Crippen LogP contribution in [0.15, 0.2) is 54.1 Å². The van der Waals surface area contributed by atoms with Crippen LogP contribution in [0.4, 0.5) is 0 Å². The lowest BCUT2D eigenvalue weighted by Crippen LogP contribution is -2.33. The fourth-order valence-corrected chi connectivity index (χ4v) is 4.65. The number of amides is 1. The van der Waals surface area contributed by atoms with E-state index in [2.05, 4.69) is 25.7 Å². The molecule has 1 atom stereocenters. The summed E-state index contributed by atoms with van der Waals surface area (Å²) in [6.07, 6.45) is 3.56. The van der Waals surface area contributed by atoms with Gasteiger partial charge in [-0.1, -0.05) is 58.4 Å². The maximum absolute atomic E-state index is 13.4. The fourth-order valence-electron chi connectivity index (χ4n) is 4.65. The number of hydrogen-bond donors (Lipinski definition) is 1. The molecule has 206 valence electrons. The minimum atomic E-state index is -0.684. The molecule has 1 aliphatic heterocycles. The summed E-state index contributed by atoms with van der Waals surface area (Å²) >= 11 is 0. The third-order valence-corrected chi connectivity index (χ3v) is 6.85. The number of ketones is 1. The van der Waals surface area contributed by atoms with Crippen molar-refractivity contribution >= 4 is 17.4 Å². The third kappa shape index (κ3) is 7.16. The first-order valence-electron chi connectivity index (χ1n) is 13.9. The summed E-state index contributed by atoms with van der Waals surface area (Å²) < 4.78 is 11.5. The fraction of sp³-hybridized carbons (Fsp3) is 0.484. The first-order valence-corrected chi connectivity index (χ1v) is 13.9. The highest BCUT2D eigenvalue weighted by molar-refractivity contribution is 6.46. The van der Waals surface area contributed by atoms with Gasteiger partial charge in [0.2, 0.25) is 0 Å². The van der Waals surface area contributed by atoms with Crippen molar-refractivity contribution < 1.29 is 24.2 Å². The molecule has 0 spiro atoms. The van der Waals surface area contributed by atoms with Crippen LogP contribution in [0.5, 0.6) is 11.5 Å². The Morgan fingerprint density at radius 2 is 1.61 bits per heavy atom. The molecule has 0 bridgehead atoms. The Morgan fingerprint density at radius 3 is 2.26 bits per heavy atom. The van der Waals surface area contributed by atoms with E-state index >= 15 is 0 Å². The number of carbonyl (C=O) groups is 2. The van der Waals surface area contributed by atoms with Crippen LogP contribution in [-0.2, 0) is 9.59 Å². The lowest BCUT2D eigenvalue weighted by Gasteiger charge is -2.27. The van der Waals surface area contributed by atoms with E-state index in [0.29, 0.717) is 31.1 Å². The molecule has 38 heavy (non-hydrogen) atoms. The summed E-state index contributed by atoms with van der Waals surface area (Å²) in [6, 6.07) is 13.8. The molecule has 0 saturated carbocycles. The van der Waals surface area contributed by atoms with Gasteiger partial charge in [-0.05, 0) is 68.7 Å². The highest BCUT2D eigenvalue weighted by Gasteiger charge is 2.45. The van der Waals surface area contributed by atoms with Crippen LogP contribution in [0.1, 0.15) is 70.5 Å². The monoisotopic (exact) mass is 522 g/mol. The number of carbonyl (C=O) groups excluding carboxylic acids is 2. The number of ether oxygens (including phenoxy) is 2. The van der Waals surface area contributed by atoms with Gasteiger partial charge in [-0.25, -0.2) is 0 Å². The van der Waals surface area contributed by atoms with Gasteiger partial charge in [0.25, 0.3) is 11.7 Å². The van der Waals surface area contributed by atoms with E-state index in [-0.39, 0.29) is 11.3 Å². The van der Waals surface area contributed by atoms with Crippen molar-refractivity contribution in [1.82, 2.24) is 9.80 Å². The Hall–Kier alpha value is -3.32. The van der Waals surface area contributed by atoms with E-state index in [1.54, 1.807) is 23.1 Å². The molecule has 0 radical (unpaired) electrons. The topological polar surface area (TPSA) is 79.3 Å². The van der Waals surface area contributed by atoms with Crippen molar-refractivity contribution in [3.05, 3.63) is 65.2 Å². The quantitative estimate of drug-likeness (QED) is 0.138. The Kier molecular flexibility index (Phi) is 11.2. The molecule has 1 amide bonds. The lowest BCUT2D eigenvalue weighted by atomic mass is 9.95. The second kappa shape index (κ2) is 14.6. The van der Waals surface area contributed by atoms with E-state index in [4.69, 9.17) is 9.47 Å². The first kappa shape index (κ1) is 29.2. The summed E-state index contributed by atoms with van der Waals surface area (Å²) in [4.78, 5) is 30.5. The summed E-state index contributed by atoms with van der Waals surface area (Å²) in [7, 11) is 0. The van der Waals surface area contributed by atoms with Crippen molar-refractivity contribution in [2.24, 2.45) is 0 Å². The molecule has 0 aliphatic carbocycles. The van der Waals surface area contributed by atoms with E-state index < -0.39 is 17.7 Å². The van der Waals surface area contributed by atoms with Crippen LogP contribution in [0.2, 0.25) is 0 Å². The zero-order chi connectivity index (χ0) is 27.5. The molecule has 7 nitrogen and oxygen atoms in total. The van der Waals surface area contributed by atoms with Crippen molar-refractivity contribution in [2.75, 3.05) is 39.4 Å². The maximum Gasteiger partial charge on any atom is 0.295 e. The lowest BCUT2D eigenvalue weighted by molar-refractivity contribution is -0.140. The van der Waals surface area contributed by atoms with Crippen molar-refractivity contribution in [3.8, 4) is 11.5 Å². The van der Waals surface area contributed by atoms with Crippen LogP contribution in [0, 0.1) is 0 Å². The molecule has 1 N–H and O–H groups in total. The Bertz CT molecular complexity index is 1090. The number of Topliss-reactive ketones (excluding diaryl/α,β-unsaturated/α-hetero) is 1. The van der Waals surface area contributed by atoms with Crippen molar-refractivity contribution in [1.29, 1.82) is 0 Å². The molecule has 3 rings (SSSR count). The Labute approximate surface area is 227 Å². The van der Waals surface area contributed by atoms with Gasteiger partial charge in [0.15, 0.2) is 0 Å². The van der Waals surface area contributed by atoms with Crippen LogP contribution in [-0.4, -0.2) is 66.0 Å². The molecule has 1 heterocycles. The summed E-state index contributed by atoms with van der Waals surface area (Å²) in [5.41, 5.74) is 1.31. The predicted octanol–water partition coefficient (Wildman–Crippen LogP) is 5.81. The van der Waals surface area contributed by atoms with Gasteiger partial charge in [0.1, 0.15) is 17.3 Å². The number of likely N-dealkylation sites (tertiary alicyclic amines) is 1. The van der Waals surface area contributed by atoms with E-state index in [1.165, 1.54) is 0 Å². The van der Waals surface area contributed by atoms with Gasteiger partial charge in [0, 0.05) is 12.1 Å². The Morgan fingerprint density at radius 1 is 0.895 bits per heavy atom. The summed E-state index contributed by atoms with van der Waals surface area (Å²) in [5, 5.41) is 11.4. The number of aliphatic hydroxyl groups excluding tert-OH is 1. The molecule has 0 aromatic heterocycles. The van der Waals surface area contributed by atoms with Crippen LogP contribution in [0.3, 0.4) is 0 Å². The van der Waals surface area contributed by atoms with E-state index in [9.17, 15) is 14.7 Å². The molecular formula is C31H42N2O5. The van der Waals surface area contributed by atoms with E-state index in [0.717, 1.165) is 56.6 Å². The maximum atomic E-state index is 13.4. The van der Waals surface area contributed by atoms with Crippen molar-refractivity contribution in [3.63, 3.8) is 0 Å². The number of benzene rings is 2. The summed E-state index contributed by atoms with van der Waals surface area (Å²) in [6.45, 7) is 12.6. The van der Waals surface area contributed by atoms with Gasteiger partial charge >= 0.3 is 0 Å². The SMILES string of the molecule is CCCCOc1cccc(C(O)=C2C(=O)C(=O)N(CCCN(CC)CC)C2c2ccc(OCCC)cc2)c1. The normalized spacial score (nSPS) is 16.9. The summed E-state index contributed by atoms with van der Waals surface area (Å²) in [5.74, 6) is -0.0977. The zero-order valence-electron chi connectivity index (χ0n) is 23.2. The second-order valence-corrected chi connectivity index (χ2v) is 9.52. The number of rotatable bonds is 15. The number of hydrogen-bond acceptors (Lipinski definition) is 6. The molecule has 2 aromatic carbocycles. The van der Waals surface area contributed by atoms with Crippen molar-refractivity contribution in [2.45, 2.75) is 59.4 Å². The molecule has 1 saturated heterocycles. The van der Waals surface area contributed by atoms with Crippen LogP contribution in [0.25, 0.3) is 5.76 Å². The minimum Gasteiger partial charge on any atom is -0.507 e. The number of unbranched alkanes of at least 4 members (excludes halogenated alkanes) is 1. The molecular weight excluding hydrogens is 480 g/mol. The third-order valence-electron chi connectivity index (χ3n) is 6.85. The molecule has 1 aliphatic rings. The van der Waals surface area contributed by atoms with Crippen LogP contribution >= 0.6 is 0 Å². The highest BCUT2D eigenvalue weighted by atomic mass is 16.5. The highest BCUT2D eigenvalue weighted by Crippen LogP contribution is 2.40. The molecule has 2 aromatic rings. The number of aliphatic hydroxyl groups is 1. The smallest absolute Gasteiger partial charge is 0.295 e. The first-order chi connectivity index (χ1) is 18.4.